The minimum Gasteiger partial charge on any atom is -0.310 e. The quantitative estimate of drug-likeness (QED) is 0.799. The average Bonchev–Trinajstić information content (AvgIpc) is 2.97. The van der Waals surface area contributed by atoms with Crippen LogP contribution in [0.15, 0.2) is 54.9 Å². The highest BCUT2D eigenvalue weighted by molar-refractivity contribution is 6.30. The summed E-state index contributed by atoms with van der Waals surface area (Å²) in [5.74, 6) is 0.469. The molecule has 1 aromatic carbocycles. The molecule has 2 aromatic heterocycles. The van der Waals surface area contributed by atoms with Crippen molar-refractivity contribution in [2.75, 3.05) is 5.32 Å². The van der Waals surface area contributed by atoms with Crippen molar-refractivity contribution < 1.29 is 4.79 Å². The van der Waals surface area contributed by atoms with Gasteiger partial charge in [0.15, 0.2) is 0 Å². The van der Waals surface area contributed by atoms with E-state index in [9.17, 15) is 4.79 Å². The molecule has 3 aromatic rings. The van der Waals surface area contributed by atoms with Crippen molar-refractivity contribution in [3.05, 3.63) is 71.1 Å². The zero-order valence-electron chi connectivity index (χ0n) is 12.5. The normalized spacial score (nSPS) is 10.5. The number of aromatic nitrogens is 3. The van der Waals surface area contributed by atoms with Gasteiger partial charge in [0.05, 0.1) is 18.3 Å². The molecule has 1 N–H and O–H groups in total. The molecule has 0 atom stereocenters. The first-order valence-electron chi connectivity index (χ1n) is 7.13. The lowest BCUT2D eigenvalue weighted by Gasteiger charge is -2.09. The van der Waals surface area contributed by atoms with E-state index >= 15 is 0 Å². The van der Waals surface area contributed by atoms with E-state index in [1.165, 1.54) is 0 Å². The topological polar surface area (TPSA) is 59.8 Å². The number of carbonyl (C=O) groups excluding carboxylic acids is 1. The Kier molecular flexibility index (Phi) is 4.39. The molecule has 0 saturated heterocycles. The summed E-state index contributed by atoms with van der Waals surface area (Å²) in [5.41, 5.74) is 2.57. The predicted molar refractivity (Wildman–Crippen MR) is 89.9 cm³/mol. The SMILES string of the molecule is Cc1ccc(CC(=O)Nc2ccnn2-c2cccc(Cl)c2)cn1. The first kappa shape index (κ1) is 15.2. The van der Waals surface area contributed by atoms with Crippen LogP contribution in [0, 0.1) is 6.92 Å². The number of anilines is 1. The number of amides is 1. The largest absolute Gasteiger partial charge is 0.310 e. The van der Waals surface area contributed by atoms with Crippen LogP contribution in [0.3, 0.4) is 0 Å². The molecule has 0 aliphatic carbocycles. The lowest BCUT2D eigenvalue weighted by molar-refractivity contribution is -0.115. The van der Waals surface area contributed by atoms with Gasteiger partial charge in [0.25, 0.3) is 0 Å². The minimum absolute atomic E-state index is 0.126. The lowest BCUT2D eigenvalue weighted by Crippen LogP contribution is -2.17. The summed E-state index contributed by atoms with van der Waals surface area (Å²) in [6.45, 7) is 1.91. The van der Waals surface area contributed by atoms with E-state index in [-0.39, 0.29) is 12.3 Å². The number of hydrogen-bond acceptors (Lipinski definition) is 3. The van der Waals surface area contributed by atoms with E-state index in [0.29, 0.717) is 10.8 Å². The summed E-state index contributed by atoms with van der Waals surface area (Å²) in [6.07, 6.45) is 3.60. The van der Waals surface area contributed by atoms with Crippen molar-refractivity contribution in [2.24, 2.45) is 0 Å². The molecule has 3 rings (SSSR count). The van der Waals surface area contributed by atoms with Crippen LogP contribution in [0.5, 0.6) is 0 Å². The maximum absolute atomic E-state index is 12.2. The molecule has 0 saturated carbocycles. The molecule has 0 aliphatic rings. The summed E-state index contributed by atoms with van der Waals surface area (Å²) in [6, 6.07) is 12.8. The van der Waals surface area contributed by atoms with Crippen molar-refractivity contribution in [3.63, 3.8) is 0 Å². The molecule has 0 fully saturated rings. The molecule has 1 amide bonds. The minimum atomic E-state index is -0.126. The molecule has 0 radical (unpaired) electrons. The van der Waals surface area contributed by atoms with Gasteiger partial charge in [-0.1, -0.05) is 23.7 Å². The Morgan fingerprint density at radius 3 is 2.87 bits per heavy atom. The predicted octanol–water partition coefficient (Wildman–Crippen LogP) is 3.41. The zero-order valence-corrected chi connectivity index (χ0v) is 13.3. The number of rotatable bonds is 4. The van der Waals surface area contributed by atoms with Gasteiger partial charge in [0, 0.05) is 23.0 Å². The van der Waals surface area contributed by atoms with Crippen LogP contribution in [0.2, 0.25) is 5.02 Å². The van der Waals surface area contributed by atoms with Crippen LogP contribution in [-0.2, 0) is 11.2 Å². The maximum atomic E-state index is 12.2. The Labute approximate surface area is 138 Å². The Balaban J connectivity index is 1.75. The molecule has 2 heterocycles. The van der Waals surface area contributed by atoms with Gasteiger partial charge in [0.1, 0.15) is 5.82 Å². The van der Waals surface area contributed by atoms with Gasteiger partial charge in [-0.3, -0.25) is 9.78 Å². The number of halogens is 1. The third-order valence-electron chi connectivity index (χ3n) is 3.30. The molecule has 0 bridgehead atoms. The second-order valence-electron chi connectivity index (χ2n) is 5.14. The highest BCUT2D eigenvalue weighted by atomic mass is 35.5. The number of benzene rings is 1. The summed E-state index contributed by atoms with van der Waals surface area (Å²) in [5, 5.41) is 7.70. The molecule has 23 heavy (non-hydrogen) atoms. The fourth-order valence-corrected chi connectivity index (χ4v) is 2.37. The molecule has 6 heteroatoms. The number of nitrogens with zero attached hydrogens (tertiary/aromatic N) is 3. The van der Waals surface area contributed by atoms with Crippen LogP contribution in [-0.4, -0.2) is 20.7 Å². The molecule has 5 nitrogen and oxygen atoms in total. The van der Waals surface area contributed by atoms with Crippen LogP contribution < -0.4 is 5.32 Å². The average molecular weight is 327 g/mol. The fraction of sp³-hybridized carbons (Fsp3) is 0.118. The van der Waals surface area contributed by atoms with Crippen molar-refractivity contribution in [2.45, 2.75) is 13.3 Å². The maximum Gasteiger partial charge on any atom is 0.230 e. The van der Waals surface area contributed by atoms with Crippen molar-refractivity contribution in [3.8, 4) is 5.69 Å². The Morgan fingerprint density at radius 2 is 2.13 bits per heavy atom. The van der Waals surface area contributed by atoms with Gasteiger partial charge < -0.3 is 5.32 Å². The molecule has 116 valence electrons. The molecular formula is C17H15ClN4O. The van der Waals surface area contributed by atoms with Gasteiger partial charge in [-0.25, -0.2) is 4.68 Å². The number of aryl methyl sites for hydroxylation is 1. The third kappa shape index (κ3) is 3.76. The van der Waals surface area contributed by atoms with E-state index in [1.54, 1.807) is 35.3 Å². The van der Waals surface area contributed by atoms with E-state index in [0.717, 1.165) is 16.9 Å². The number of pyridine rings is 1. The van der Waals surface area contributed by atoms with Crippen LogP contribution in [0.1, 0.15) is 11.3 Å². The Bertz CT molecular complexity index is 827. The molecule has 0 aliphatic heterocycles. The van der Waals surface area contributed by atoms with Crippen LogP contribution in [0.4, 0.5) is 5.82 Å². The summed E-state index contributed by atoms with van der Waals surface area (Å²) in [7, 11) is 0. The number of nitrogens with one attached hydrogen (secondary N) is 1. The van der Waals surface area contributed by atoms with Gasteiger partial charge in [-0.15, -0.1) is 0 Å². The number of carbonyl (C=O) groups is 1. The smallest absolute Gasteiger partial charge is 0.230 e. The zero-order chi connectivity index (χ0) is 16.2. The summed E-state index contributed by atoms with van der Waals surface area (Å²) < 4.78 is 1.64. The van der Waals surface area contributed by atoms with E-state index in [1.807, 2.05) is 31.2 Å². The second-order valence-corrected chi connectivity index (χ2v) is 5.58. The Hall–Kier alpha value is -2.66. The standard InChI is InChI=1S/C17H15ClN4O/c1-12-5-6-13(11-19-12)9-17(23)21-16-7-8-20-22(16)15-4-2-3-14(18)10-15/h2-8,10-11H,9H2,1H3,(H,21,23). The molecule has 0 unspecified atom stereocenters. The van der Waals surface area contributed by atoms with E-state index < -0.39 is 0 Å². The van der Waals surface area contributed by atoms with Gasteiger partial charge in [0.2, 0.25) is 5.91 Å². The van der Waals surface area contributed by atoms with Crippen molar-refractivity contribution >= 4 is 23.3 Å². The Morgan fingerprint density at radius 1 is 1.26 bits per heavy atom. The van der Waals surface area contributed by atoms with Gasteiger partial charge >= 0.3 is 0 Å². The monoisotopic (exact) mass is 326 g/mol. The van der Waals surface area contributed by atoms with E-state index in [2.05, 4.69) is 15.4 Å². The summed E-state index contributed by atoms with van der Waals surface area (Å²) >= 11 is 6.00. The van der Waals surface area contributed by atoms with E-state index in [4.69, 9.17) is 11.6 Å². The molecule has 0 spiro atoms. The second kappa shape index (κ2) is 6.62. The first-order valence-corrected chi connectivity index (χ1v) is 7.51. The van der Waals surface area contributed by atoms with Crippen LogP contribution in [0.25, 0.3) is 5.69 Å². The van der Waals surface area contributed by atoms with Crippen molar-refractivity contribution in [1.29, 1.82) is 0 Å². The summed E-state index contributed by atoms with van der Waals surface area (Å²) in [4.78, 5) is 16.4. The van der Waals surface area contributed by atoms with Crippen molar-refractivity contribution in [1.82, 2.24) is 14.8 Å². The fourth-order valence-electron chi connectivity index (χ4n) is 2.19. The molecular weight excluding hydrogens is 312 g/mol. The lowest BCUT2D eigenvalue weighted by atomic mass is 10.2. The van der Waals surface area contributed by atoms with Crippen LogP contribution >= 0.6 is 11.6 Å². The van der Waals surface area contributed by atoms with Gasteiger partial charge in [-0.05, 0) is 36.8 Å². The third-order valence-corrected chi connectivity index (χ3v) is 3.54. The number of hydrogen-bond donors (Lipinski definition) is 1. The first-order chi connectivity index (χ1) is 11.1. The highest BCUT2D eigenvalue weighted by Gasteiger charge is 2.10. The van der Waals surface area contributed by atoms with Gasteiger partial charge in [-0.2, -0.15) is 5.10 Å². The highest BCUT2D eigenvalue weighted by Crippen LogP contribution is 2.18.